The Bertz CT molecular complexity index is 1360. The molecule has 0 saturated heterocycles. The number of carbonyl (C=O) groups excluding carboxylic acids is 1. The van der Waals surface area contributed by atoms with Gasteiger partial charge in [0.15, 0.2) is 17.9 Å². The van der Waals surface area contributed by atoms with Gasteiger partial charge in [0.1, 0.15) is 6.10 Å². The number of carbonyl (C=O) groups is 1. The number of aromatic nitrogens is 2. The third kappa shape index (κ3) is 2.83. The summed E-state index contributed by atoms with van der Waals surface area (Å²) in [6.45, 7) is 0.175. The third-order valence-electron chi connectivity index (χ3n) is 5.99. The topological polar surface area (TPSA) is 117 Å². The van der Waals surface area contributed by atoms with Crippen molar-refractivity contribution in [2.24, 2.45) is 5.73 Å². The minimum Gasteiger partial charge on any atom is -0.492 e. The van der Waals surface area contributed by atoms with Crippen molar-refractivity contribution < 1.29 is 23.8 Å². The highest BCUT2D eigenvalue weighted by Gasteiger charge is 2.34. The van der Waals surface area contributed by atoms with Crippen LogP contribution in [0.2, 0.25) is 0 Å². The highest BCUT2D eigenvalue weighted by Crippen LogP contribution is 2.49. The molecule has 4 heterocycles. The fourth-order valence-electron chi connectivity index (χ4n) is 4.62. The maximum absolute atomic E-state index is 14.7. The van der Waals surface area contributed by atoms with E-state index in [1.54, 1.807) is 6.07 Å². The predicted molar refractivity (Wildman–Crippen MR) is 116 cm³/mol. The van der Waals surface area contributed by atoms with Gasteiger partial charge in [-0.25, -0.2) is 9.37 Å². The van der Waals surface area contributed by atoms with Gasteiger partial charge in [-0.15, -0.1) is 11.8 Å². The van der Waals surface area contributed by atoms with E-state index >= 15 is 0 Å². The number of aliphatic hydroxyl groups is 1. The quantitative estimate of drug-likeness (QED) is 0.438. The lowest BCUT2D eigenvalue weighted by atomic mass is 9.94. The lowest BCUT2D eigenvalue weighted by Crippen LogP contribution is -2.26. The number of rotatable bonds is 5. The van der Waals surface area contributed by atoms with Gasteiger partial charge < -0.3 is 29.7 Å². The summed E-state index contributed by atoms with van der Waals surface area (Å²) in [7, 11) is 2.85. The summed E-state index contributed by atoms with van der Waals surface area (Å²) in [5.74, 6) is 0.149. The van der Waals surface area contributed by atoms with E-state index in [-0.39, 0.29) is 41.6 Å². The van der Waals surface area contributed by atoms with Gasteiger partial charge in [-0.1, -0.05) is 0 Å². The molecule has 0 saturated carbocycles. The van der Waals surface area contributed by atoms with Crippen molar-refractivity contribution in [1.82, 2.24) is 9.55 Å². The van der Waals surface area contributed by atoms with Crippen LogP contribution >= 0.6 is 11.8 Å². The van der Waals surface area contributed by atoms with Crippen LogP contribution in [0.1, 0.15) is 34.4 Å². The molecule has 5 rings (SSSR count). The second kappa shape index (κ2) is 7.66. The fraction of sp³-hybridized carbons (Fsp3) is 0.318. The van der Waals surface area contributed by atoms with Crippen LogP contribution in [0.3, 0.4) is 0 Å². The number of aldehydes is 1. The number of halogens is 1. The zero-order valence-electron chi connectivity index (χ0n) is 17.3. The van der Waals surface area contributed by atoms with Crippen molar-refractivity contribution in [1.29, 1.82) is 0 Å². The number of hydrogen-bond donors (Lipinski definition) is 2. The molecule has 0 radical (unpaired) electrons. The van der Waals surface area contributed by atoms with Gasteiger partial charge in [0, 0.05) is 47.0 Å². The summed E-state index contributed by atoms with van der Waals surface area (Å²) >= 11 is 1.42. The smallest absolute Gasteiger partial charge is 0.257 e. The van der Waals surface area contributed by atoms with E-state index in [0.29, 0.717) is 33.8 Å². The van der Waals surface area contributed by atoms with E-state index < -0.39 is 11.9 Å². The molecular weight excluding hydrogens is 437 g/mol. The molecule has 3 N–H and O–H groups in total. The van der Waals surface area contributed by atoms with Crippen molar-refractivity contribution in [2.75, 3.05) is 20.0 Å². The summed E-state index contributed by atoms with van der Waals surface area (Å²) in [6.07, 6.45) is -1.12. The van der Waals surface area contributed by atoms with Gasteiger partial charge in [0.25, 0.3) is 5.56 Å². The predicted octanol–water partition coefficient (Wildman–Crippen LogP) is 2.06. The number of aliphatic hydroxyl groups excluding tert-OH is 1. The first-order chi connectivity index (χ1) is 15.4. The SMILES string of the molecule is COCc1c(C(O)C=O)cc2n(c1=O)Cc1c-2nc2cc(F)c(OC)c3c2c1C(N)CS3. The molecule has 32 heavy (non-hydrogen) atoms. The van der Waals surface area contributed by atoms with Crippen LogP contribution in [0.4, 0.5) is 4.39 Å². The van der Waals surface area contributed by atoms with Crippen LogP contribution in [0.25, 0.3) is 22.3 Å². The van der Waals surface area contributed by atoms with Crippen molar-refractivity contribution >= 4 is 29.0 Å². The summed E-state index contributed by atoms with van der Waals surface area (Å²) in [6, 6.07) is 2.54. The van der Waals surface area contributed by atoms with Gasteiger partial charge in [0.05, 0.1) is 42.1 Å². The number of pyridine rings is 2. The maximum atomic E-state index is 14.7. The Morgan fingerprint density at radius 2 is 2.22 bits per heavy atom. The highest BCUT2D eigenvalue weighted by atomic mass is 32.2. The maximum Gasteiger partial charge on any atom is 0.257 e. The minimum atomic E-state index is -1.48. The van der Waals surface area contributed by atoms with Crippen LogP contribution in [0.15, 0.2) is 21.8 Å². The lowest BCUT2D eigenvalue weighted by molar-refractivity contribution is -0.115. The summed E-state index contributed by atoms with van der Waals surface area (Å²) in [4.78, 5) is 29.9. The molecule has 0 spiro atoms. The Balaban J connectivity index is 1.86. The van der Waals surface area contributed by atoms with Gasteiger partial charge >= 0.3 is 0 Å². The second-order valence-electron chi connectivity index (χ2n) is 7.75. The standard InChI is InChI=1S/C22H20FN3O5S/c1-30-7-11-9(16(28)6-27)3-15-19-10(5-26(15)22(11)29)17-13(24)8-32-21-18(17)14(25-19)4-12(23)20(21)31-2/h3-4,6,13,16,28H,5,7-8,24H2,1-2H3. The van der Waals surface area contributed by atoms with E-state index in [2.05, 4.69) is 4.98 Å². The second-order valence-corrected chi connectivity index (χ2v) is 8.78. The summed E-state index contributed by atoms with van der Waals surface area (Å²) in [5, 5.41) is 10.9. The van der Waals surface area contributed by atoms with Crippen molar-refractivity contribution in [2.45, 2.75) is 30.2 Å². The number of nitrogens with zero attached hydrogens (tertiary/aromatic N) is 2. The number of ether oxygens (including phenoxy) is 2. The fourth-order valence-corrected chi connectivity index (χ4v) is 5.81. The molecule has 1 aromatic carbocycles. The number of benzene rings is 1. The largest absolute Gasteiger partial charge is 0.492 e. The zero-order chi connectivity index (χ0) is 22.7. The molecule has 2 aromatic heterocycles. The molecule has 0 aliphatic carbocycles. The van der Waals surface area contributed by atoms with Crippen molar-refractivity contribution in [3.63, 3.8) is 0 Å². The molecule has 2 aliphatic rings. The van der Waals surface area contributed by atoms with Gasteiger partial charge in [0.2, 0.25) is 0 Å². The molecule has 2 unspecified atom stereocenters. The Hall–Kier alpha value is -2.79. The molecule has 2 aliphatic heterocycles. The molecule has 8 nitrogen and oxygen atoms in total. The Morgan fingerprint density at radius 1 is 1.44 bits per heavy atom. The monoisotopic (exact) mass is 457 g/mol. The van der Waals surface area contributed by atoms with Crippen LogP contribution in [-0.4, -0.2) is 40.9 Å². The van der Waals surface area contributed by atoms with Crippen molar-refractivity contribution in [3.8, 4) is 17.1 Å². The van der Waals surface area contributed by atoms with E-state index in [4.69, 9.17) is 15.2 Å². The molecule has 0 bridgehead atoms. The zero-order valence-corrected chi connectivity index (χ0v) is 18.2. The number of fused-ring (bicyclic) bond motifs is 4. The normalized spacial score (nSPS) is 17.2. The number of nitrogens with two attached hydrogens (primary N) is 1. The van der Waals surface area contributed by atoms with E-state index in [9.17, 15) is 19.1 Å². The van der Waals surface area contributed by atoms with Gasteiger partial charge in [-0.2, -0.15) is 0 Å². The molecule has 166 valence electrons. The number of thioether (sulfide) groups is 1. The van der Waals surface area contributed by atoms with Gasteiger partial charge in [-0.3, -0.25) is 4.79 Å². The van der Waals surface area contributed by atoms with Gasteiger partial charge in [-0.05, 0) is 11.6 Å². The Labute approximate surface area is 186 Å². The third-order valence-corrected chi connectivity index (χ3v) is 7.20. The van der Waals surface area contributed by atoms with Crippen LogP contribution in [0, 0.1) is 5.82 Å². The first-order valence-electron chi connectivity index (χ1n) is 9.91. The number of hydrogen-bond acceptors (Lipinski definition) is 8. The summed E-state index contributed by atoms with van der Waals surface area (Å²) in [5.41, 5.74) is 9.41. The van der Waals surface area contributed by atoms with Crippen LogP contribution in [-0.2, 0) is 22.7 Å². The molecular formula is C22H20FN3O5S. The highest BCUT2D eigenvalue weighted by molar-refractivity contribution is 7.99. The first-order valence-corrected chi connectivity index (χ1v) is 10.9. The molecule has 0 fully saturated rings. The van der Waals surface area contributed by atoms with Crippen LogP contribution < -0.4 is 16.0 Å². The lowest BCUT2D eigenvalue weighted by Gasteiger charge is -2.26. The Kier molecular flexibility index (Phi) is 5.05. The van der Waals surface area contributed by atoms with E-state index in [1.807, 2.05) is 0 Å². The van der Waals surface area contributed by atoms with Crippen molar-refractivity contribution in [3.05, 3.63) is 50.6 Å². The molecule has 3 aromatic rings. The molecule has 10 heteroatoms. The first kappa shape index (κ1) is 21.1. The van der Waals surface area contributed by atoms with E-state index in [0.717, 1.165) is 16.5 Å². The molecule has 2 atom stereocenters. The summed E-state index contributed by atoms with van der Waals surface area (Å²) < 4.78 is 26.7. The Morgan fingerprint density at radius 3 is 2.91 bits per heavy atom. The minimum absolute atomic E-state index is 0.0549. The average Bonchev–Trinajstić information content (AvgIpc) is 3.15. The van der Waals surface area contributed by atoms with Crippen LogP contribution in [0.5, 0.6) is 5.75 Å². The molecule has 0 amide bonds. The average molecular weight is 457 g/mol. The number of methoxy groups -OCH3 is 2. The van der Waals surface area contributed by atoms with E-state index in [1.165, 1.54) is 36.6 Å².